The average molecular weight is 387 g/mol. The van der Waals surface area contributed by atoms with E-state index in [4.69, 9.17) is 16.3 Å². The van der Waals surface area contributed by atoms with Crippen molar-refractivity contribution in [3.05, 3.63) is 42.1 Å². The summed E-state index contributed by atoms with van der Waals surface area (Å²) in [4.78, 5) is 0. The third-order valence-corrected chi connectivity index (χ3v) is 5.88. The minimum absolute atomic E-state index is 0.563. The molecule has 1 saturated carbocycles. The Labute approximate surface area is 168 Å². The molecule has 3 nitrogen and oxygen atoms in total. The molecule has 27 heavy (non-hydrogen) atoms. The molecule has 1 aromatic carbocycles. The SMILES string of the molecule is CCCCOc1ccc(-c2ccc(C3CCC(CCCCl)CC3)nn2)cc1. The zero-order valence-electron chi connectivity index (χ0n) is 16.4. The van der Waals surface area contributed by atoms with E-state index in [1.165, 1.54) is 32.1 Å². The molecule has 0 N–H and O–H groups in total. The number of nitrogens with zero attached hydrogens (tertiary/aromatic N) is 2. The van der Waals surface area contributed by atoms with Crippen LogP contribution in [0.2, 0.25) is 0 Å². The zero-order valence-corrected chi connectivity index (χ0v) is 17.1. The Kier molecular flexibility index (Phi) is 7.94. The van der Waals surface area contributed by atoms with Crippen molar-refractivity contribution >= 4 is 11.6 Å². The van der Waals surface area contributed by atoms with Gasteiger partial charge in [-0.25, -0.2) is 0 Å². The van der Waals surface area contributed by atoms with Crippen molar-refractivity contribution in [2.24, 2.45) is 5.92 Å². The summed E-state index contributed by atoms with van der Waals surface area (Å²) in [5, 5.41) is 9.04. The lowest BCUT2D eigenvalue weighted by atomic mass is 9.79. The minimum Gasteiger partial charge on any atom is -0.494 e. The lowest BCUT2D eigenvalue weighted by Crippen LogP contribution is -2.14. The van der Waals surface area contributed by atoms with Gasteiger partial charge in [0.15, 0.2) is 0 Å². The molecule has 1 heterocycles. The lowest BCUT2D eigenvalue weighted by Gasteiger charge is -2.27. The van der Waals surface area contributed by atoms with Crippen molar-refractivity contribution in [1.29, 1.82) is 0 Å². The molecule has 0 unspecified atom stereocenters. The van der Waals surface area contributed by atoms with E-state index in [2.05, 4.69) is 41.4 Å². The van der Waals surface area contributed by atoms with Gasteiger partial charge < -0.3 is 4.74 Å². The molecule has 0 radical (unpaired) electrons. The molecule has 0 amide bonds. The third kappa shape index (κ3) is 5.93. The van der Waals surface area contributed by atoms with Crippen molar-refractivity contribution < 1.29 is 4.74 Å². The zero-order chi connectivity index (χ0) is 18.9. The molecule has 2 aromatic rings. The first-order chi connectivity index (χ1) is 13.3. The standard InChI is InChI=1S/C23H31ClN2O/c1-2-3-17-27-21-12-10-20(11-13-21)23-15-14-22(25-26-23)19-8-6-18(7-9-19)5-4-16-24/h10-15,18-19H,2-9,16-17H2,1H3. The Morgan fingerprint density at radius 3 is 2.37 bits per heavy atom. The van der Waals surface area contributed by atoms with E-state index in [0.29, 0.717) is 5.92 Å². The average Bonchev–Trinajstić information content (AvgIpc) is 2.73. The van der Waals surface area contributed by atoms with Crippen molar-refractivity contribution in [3.63, 3.8) is 0 Å². The van der Waals surface area contributed by atoms with Crippen LogP contribution in [0.5, 0.6) is 5.75 Å². The second-order valence-electron chi connectivity index (χ2n) is 7.62. The van der Waals surface area contributed by atoms with Gasteiger partial charge in [-0.05, 0) is 87.3 Å². The smallest absolute Gasteiger partial charge is 0.119 e. The number of ether oxygens (including phenoxy) is 1. The summed E-state index contributed by atoms with van der Waals surface area (Å²) in [6.07, 6.45) is 9.70. The Morgan fingerprint density at radius 2 is 1.74 bits per heavy atom. The van der Waals surface area contributed by atoms with E-state index in [-0.39, 0.29) is 0 Å². The Bertz CT molecular complexity index is 664. The molecule has 1 fully saturated rings. The summed E-state index contributed by atoms with van der Waals surface area (Å²) >= 11 is 5.82. The summed E-state index contributed by atoms with van der Waals surface area (Å²) in [5.74, 6) is 3.12. The monoisotopic (exact) mass is 386 g/mol. The number of halogens is 1. The first-order valence-corrected chi connectivity index (χ1v) is 11.0. The predicted molar refractivity (Wildman–Crippen MR) is 113 cm³/mol. The maximum atomic E-state index is 5.82. The summed E-state index contributed by atoms with van der Waals surface area (Å²) < 4.78 is 5.73. The first-order valence-electron chi connectivity index (χ1n) is 10.4. The van der Waals surface area contributed by atoms with Crippen LogP contribution in [0.25, 0.3) is 11.3 Å². The topological polar surface area (TPSA) is 35.0 Å². The molecule has 0 saturated heterocycles. The number of alkyl halides is 1. The number of hydrogen-bond acceptors (Lipinski definition) is 3. The van der Waals surface area contributed by atoms with Gasteiger partial charge in [0.05, 0.1) is 18.0 Å². The summed E-state index contributed by atoms with van der Waals surface area (Å²) in [5.41, 5.74) is 3.16. The van der Waals surface area contributed by atoms with Gasteiger partial charge in [-0.3, -0.25) is 0 Å². The highest BCUT2D eigenvalue weighted by Crippen LogP contribution is 2.37. The Balaban J connectivity index is 1.54. The highest BCUT2D eigenvalue weighted by Gasteiger charge is 2.23. The fourth-order valence-corrected chi connectivity index (χ4v) is 4.04. The van der Waals surface area contributed by atoms with Gasteiger partial charge in [-0.1, -0.05) is 13.3 Å². The van der Waals surface area contributed by atoms with Crippen molar-refractivity contribution in [3.8, 4) is 17.0 Å². The van der Waals surface area contributed by atoms with Crippen molar-refractivity contribution in [2.45, 2.75) is 64.2 Å². The fraction of sp³-hybridized carbons (Fsp3) is 0.565. The van der Waals surface area contributed by atoms with Crippen LogP contribution in [0.4, 0.5) is 0 Å². The second-order valence-corrected chi connectivity index (χ2v) is 8.00. The van der Waals surface area contributed by atoms with E-state index in [1.807, 2.05) is 12.1 Å². The molecule has 146 valence electrons. The molecule has 3 rings (SSSR count). The van der Waals surface area contributed by atoms with Gasteiger partial charge in [0.1, 0.15) is 5.75 Å². The summed E-state index contributed by atoms with van der Waals surface area (Å²) in [6.45, 7) is 2.94. The Morgan fingerprint density at radius 1 is 0.963 bits per heavy atom. The van der Waals surface area contributed by atoms with Crippen LogP contribution in [0.3, 0.4) is 0 Å². The molecule has 0 atom stereocenters. The van der Waals surface area contributed by atoms with Crippen LogP contribution >= 0.6 is 11.6 Å². The largest absolute Gasteiger partial charge is 0.494 e. The van der Waals surface area contributed by atoms with Crippen LogP contribution in [0.1, 0.15) is 69.9 Å². The second kappa shape index (κ2) is 10.7. The van der Waals surface area contributed by atoms with E-state index < -0.39 is 0 Å². The maximum Gasteiger partial charge on any atom is 0.119 e. The van der Waals surface area contributed by atoms with Crippen molar-refractivity contribution in [2.75, 3.05) is 12.5 Å². The van der Waals surface area contributed by atoms with Gasteiger partial charge >= 0.3 is 0 Å². The highest BCUT2D eigenvalue weighted by molar-refractivity contribution is 6.17. The molecule has 0 bridgehead atoms. The quantitative estimate of drug-likeness (QED) is 0.359. The number of aromatic nitrogens is 2. The molecule has 1 aliphatic rings. The molecule has 0 spiro atoms. The van der Waals surface area contributed by atoms with Crippen LogP contribution in [0, 0.1) is 5.92 Å². The normalized spacial score (nSPS) is 19.8. The molecular weight excluding hydrogens is 356 g/mol. The van der Waals surface area contributed by atoms with E-state index >= 15 is 0 Å². The predicted octanol–water partition coefficient (Wildman–Crippen LogP) is 6.62. The number of unbranched alkanes of at least 4 members (excludes halogenated alkanes) is 1. The molecule has 1 aliphatic carbocycles. The van der Waals surface area contributed by atoms with Gasteiger partial charge in [0, 0.05) is 17.4 Å². The maximum absolute atomic E-state index is 5.82. The minimum atomic E-state index is 0.563. The van der Waals surface area contributed by atoms with Gasteiger partial charge in [-0.15, -0.1) is 11.6 Å². The van der Waals surface area contributed by atoms with Crippen LogP contribution in [-0.4, -0.2) is 22.7 Å². The molecule has 0 aliphatic heterocycles. The number of hydrogen-bond donors (Lipinski definition) is 0. The van der Waals surface area contributed by atoms with E-state index in [0.717, 1.165) is 60.4 Å². The van der Waals surface area contributed by atoms with E-state index in [9.17, 15) is 0 Å². The fourth-order valence-electron chi connectivity index (χ4n) is 3.88. The van der Waals surface area contributed by atoms with Crippen LogP contribution < -0.4 is 4.74 Å². The van der Waals surface area contributed by atoms with Crippen LogP contribution in [-0.2, 0) is 0 Å². The van der Waals surface area contributed by atoms with E-state index in [1.54, 1.807) is 0 Å². The van der Waals surface area contributed by atoms with Gasteiger partial charge in [0.25, 0.3) is 0 Å². The molecular formula is C23H31ClN2O. The number of rotatable bonds is 9. The van der Waals surface area contributed by atoms with Gasteiger partial charge in [0.2, 0.25) is 0 Å². The lowest BCUT2D eigenvalue weighted by molar-refractivity contribution is 0.305. The number of benzene rings is 1. The Hall–Kier alpha value is -1.61. The third-order valence-electron chi connectivity index (χ3n) is 5.61. The summed E-state index contributed by atoms with van der Waals surface area (Å²) in [6, 6.07) is 12.4. The first kappa shape index (κ1) is 20.1. The van der Waals surface area contributed by atoms with Gasteiger partial charge in [-0.2, -0.15) is 10.2 Å². The molecule has 1 aromatic heterocycles. The van der Waals surface area contributed by atoms with Crippen molar-refractivity contribution in [1.82, 2.24) is 10.2 Å². The summed E-state index contributed by atoms with van der Waals surface area (Å²) in [7, 11) is 0. The van der Waals surface area contributed by atoms with Crippen LogP contribution in [0.15, 0.2) is 36.4 Å². The molecule has 4 heteroatoms. The highest BCUT2D eigenvalue weighted by atomic mass is 35.5.